The smallest absolute Gasteiger partial charge is 0.223 e. The Labute approximate surface area is 112 Å². The third kappa shape index (κ3) is 5.09. The van der Waals surface area contributed by atoms with E-state index in [0.717, 1.165) is 0 Å². The third-order valence-corrected chi connectivity index (χ3v) is 2.91. The Hall–Kier alpha value is 0.300. The van der Waals surface area contributed by atoms with Gasteiger partial charge in [0.2, 0.25) is 9.70 Å². The summed E-state index contributed by atoms with van der Waals surface area (Å²) in [5, 5.41) is 2.75. The van der Waals surface area contributed by atoms with Crippen LogP contribution in [0.15, 0.2) is 0 Å². The van der Waals surface area contributed by atoms with E-state index in [1.807, 2.05) is 18.7 Å². The van der Waals surface area contributed by atoms with E-state index >= 15 is 0 Å². The van der Waals surface area contributed by atoms with Gasteiger partial charge in [0.1, 0.15) is 6.17 Å². The number of nitrogens with zero attached hydrogens (tertiary/aromatic N) is 1. The van der Waals surface area contributed by atoms with Crippen molar-refractivity contribution < 1.29 is 4.79 Å². The molecule has 0 aliphatic heterocycles. The Kier molecular flexibility index (Phi) is 7.03. The topological polar surface area (TPSA) is 32.3 Å². The summed E-state index contributed by atoms with van der Waals surface area (Å²) in [6.07, 6.45) is -0.595. The summed E-state index contributed by atoms with van der Waals surface area (Å²) in [5.74, 6) is -0.256. The number of nitrogens with one attached hydrogen (secondary N) is 1. The van der Waals surface area contributed by atoms with Crippen LogP contribution >= 0.6 is 34.8 Å². The zero-order valence-electron chi connectivity index (χ0n) is 10.1. The average Bonchev–Trinajstić information content (AvgIpc) is 2.16. The van der Waals surface area contributed by atoms with Crippen molar-refractivity contribution in [1.82, 2.24) is 10.2 Å². The Bertz CT molecular complexity index is 225. The van der Waals surface area contributed by atoms with Crippen molar-refractivity contribution in [2.24, 2.45) is 5.92 Å². The second kappa shape index (κ2) is 6.90. The van der Waals surface area contributed by atoms with Crippen LogP contribution in [0, 0.1) is 5.92 Å². The first-order valence-corrected chi connectivity index (χ1v) is 6.48. The van der Waals surface area contributed by atoms with Crippen molar-refractivity contribution in [3.63, 3.8) is 0 Å². The first-order valence-electron chi connectivity index (χ1n) is 5.35. The van der Waals surface area contributed by atoms with Crippen molar-refractivity contribution >= 4 is 40.7 Å². The third-order valence-electron chi connectivity index (χ3n) is 2.29. The molecule has 1 amide bonds. The Balaban J connectivity index is 4.75. The summed E-state index contributed by atoms with van der Waals surface area (Å²) in [5.41, 5.74) is 0. The molecule has 3 nitrogen and oxygen atoms in total. The fraction of sp³-hybridized carbons (Fsp3) is 0.900. The van der Waals surface area contributed by atoms with Gasteiger partial charge in [-0.25, -0.2) is 0 Å². The molecule has 0 saturated carbocycles. The SMILES string of the molecule is CCN(CC)[C@@H](NC(=O)C(C)C)C(Cl)(Cl)Cl. The van der Waals surface area contributed by atoms with Crippen molar-refractivity contribution in [3.05, 3.63) is 0 Å². The quantitative estimate of drug-likeness (QED) is 0.623. The maximum absolute atomic E-state index is 11.6. The van der Waals surface area contributed by atoms with E-state index in [-0.39, 0.29) is 11.8 Å². The molecule has 0 unspecified atom stereocenters. The maximum Gasteiger partial charge on any atom is 0.223 e. The van der Waals surface area contributed by atoms with Gasteiger partial charge in [-0.05, 0) is 13.1 Å². The normalized spacial score (nSPS) is 14.3. The molecule has 1 atom stereocenters. The van der Waals surface area contributed by atoms with Gasteiger partial charge in [-0.15, -0.1) is 0 Å². The van der Waals surface area contributed by atoms with Gasteiger partial charge in [0, 0.05) is 5.92 Å². The summed E-state index contributed by atoms with van der Waals surface area (Å²) in [6, 6.07) is 0. The first kappa shape index (κ1) is 16.3. The molecule has 0 spiro atoms. The number of rotatable bonds is 5. The molecule has 1 N–H and O–H groups in total. The van der Waals surface area contributed by atoms with Crippen LogP contribution in [0.1, 0.15) is 27.7 Å². The molecule has 6 heteroatoms. The Morgan fingerprint density at radius 1 is 1.25 bits per heavy atom. The first-order chi connectivity index (χ1) is 7.23. The van der Waals surface area contributed by atoms with Crippen LogP contribution in [-0.2, 0) is 4.79 Å². The van der Waals surface area contributed by atoms with Crippen molar-refractivity contribution in [3.8, 4) is 0 Å². The standard InChI is InChI=1S/C10H19Cl3N2O/c1-5-15(6-2)9(10(11,12)13)14-8(16)7(3)4/h7,9H,5-6H2,1-4H3,(H,14,16)/t9-/m1/s1. The van der Waals surface area contributed by atoms with Gasteiger partial charge in [-0.3, -0.25) is 9.69 Å². The fourth-order valence-corrected chi connectivity index (χ4v) is 1.85. The Morgan fingerprint density at radius 3 is 1.94 bits per heavy atom. The molecule has 0 saturated heterocycles. The predicted molar refractivity (Wildman–Crippen MR) is 70.0 cm³/mol. The lowest BCUT2D eigenvalue weighted by atomic mass is 10.2. The van der Waals surface area contributed by atoms with E-state index < -0.39 is 9.96 Å². The largest absolute Gasteiger partial charge is 0.336 e. The molecule has 0 heterocycles. The number of carbonyl (C=O) groups is 1. The molecule has 0 rings (SSSR count). The monoisotopic (exact) mass is 288 g/mol. The van der Waals surface area contributed by atoms with Crippen LogP contribution in [0.5, 0.6) is 0 Å². The van der Waals surface area contributed by atoms with Gasteiger partial charge in [0.25, 0.3) is 0 Å². The van der Waals surface area contributed by atoms with Gasteiger partial charge < -0.3 is 5.32 Å². The lowest BCUT2D eigenvalue weighted by molar-refractivity contribution is -0.126. The second-order valence-corrected chi connectivity index (χ2v) is 6.20. The molecule has 0 bridgehead atoms. The molecule has 0 aromatic carbocycles. The average molecular weight is 290 g/mol. The van der Waals surface area contributed by atoms with Gasteiger partial charge >= 0.3 is 0 Å². The van der Waals surface area contributed by atoms with Crippen LogP contribution in [0.25, 0.3) is 0 Å². The van der Waals surface area contributed by atoms with Crippen LogP contribution in [0.3, 0.4) is 0 Å². The number of halogens is 3. The highest BCUT2D eigenvalue weighted by Crippen LogP contribution is 2.32. The molecular formula is C10H19Cl3N2O. The summed E-state index contributed by atoms with van der Waals surface area (Å²) < 4.78 is -1.53. The molecule has 0 aliphatic carbocycles. The molecule has 0 fully saturated rings. The van der Waals surface area contributed by atoms with Gasteiger partial charge in [-0.2, -0.15) is 0 Å². The van der Waals surface area contributed by atoms with Crippen molar-refractivity contribution in [1.29, 1.82) is 0 Å². The number of hydrogen-bond acceptors (Lipinski definition) is 2. The molecule has 0 aromatic rings. The molecule has 0 aliphatic rings. The van der Waals surface area contributed by atoms with Gasteiger partial charge in [0.15, 0.2) is 0 Å². The highest BCUT2D eigenvalue weighted by atomic mass is 35.6. The summed E-state index contributed by atoms with van der Waals surface area (Å²) in [6.45, 7) is 8.91. The van der Waals surface area contributed by atoms with Crippen LogP contribution in [0.2, 0.25) is 0 Å². The number of amides is 1. The van der Waals surface area contributed by atoms with E-state index in [1.54, 1.807) is 13.8 Å². The summed E-state index contributed by atoms with van der Waals surface area (Å²) in [7, 11) is 0. The fourth-order valence-electron chi connectivity index (χ4n) is 1.27. The molecule has 96 valence electrons. The molecule has 0 radical (unpaired) electrons. The van der Waals surface area contributed by atoms with E-state index in [9.17, 15) is 4.79 Å². The molecule has 0 aromatic heterocycles. The summed E-state index contributed by atoms with van der Waals surface area (Å²) >= 11 is 17.6. The van der Waals surface area contributed by atoms with Gasteiger partial charge in [-0.1, -0.05) is 62.5 Å². The highest BCUT2D eigenvalue weighted by molar-refractivity contribution is 6.68. The van der Waals surface area contributed by atoms with E-state index in [2.05, 4.69) is 5.32 Å². The lowest BCUT2D eigenvalue weighted by Gasteiger charge is -2.35. The number of carbonyl (C=O) groups excluding carboxylic acids is 1. The van der Waals surface area contributed by atoms with Gasteiger partial charge in [0.05, 0.1) is 0 Å². The highest BCUT2D eigenvalue weighted by Gasteiger charge is 2.37. The predicted octanol–water partition coefficient (Wildman–Crippen LogP) is 2.80. The minimum atomic E-state index is -1.53. The minimum absolute atomic E-state index is 0.122. The van der Waals surface area contributed by atoms with E-state index in [0.29, 0.717) is 13.1 Å². The van der Waals surface area contributed by atoms with Crippen LogP contribution < -0.4 is 5.32 Å². The second-order valence-electron chi connectivity index (χ2n) is 3.83. The van der Waals surface area contributed by atoms with Crippen molar-refractivity contribution in [2.45, 2.75) is 37.7 Å². The minimum Gasteiger partial charge on any atom is -0.336 e. The molecule has 16 heavy (non-hydrogen) atoms. The zero-order chi connectivity index (χ0) is 12.9. The lowest BCUT2D eigenvalue weighted by Crippen LogP contribution is -2.56. The number of hydrogen-bond donors (Lipinski definition) is 1. The maximum atomic E-state index is 11.6. The number of alkyl halides is 3. The van der Waals surface area contributed by atoms with Crippen LogP contribution in [0.4, 0.5) is 0 Å². The Morgan fingerprint density at radius 2 is 1.69 bits per heavy atom. The van der Waals surface area contributed by atoms with E-state index in [1.165, 1.54) is 0 Å². The summed E-state index contributed by atoms with van der Waals surface area (Å²) in [4.78, 5) is 13.5. The van der Waals surface area contributed by atoms with E-state index in [4.69, 9.17) is 34.8 Å². The zero-order valence-corrected chi connectivity index (χ0v) is 12.3. The van der Waals surface area contributed by atoms with Crippen LogP contribution in [-0.4, -0.2) is 33.9 Å². The molecular weight excluding hydrogens is 270 g/mol. The van der Waals surface area contributed by atoms with Crippen molar-refractivity contribution in [2.75, 3.05) is 13.1 Å².